The van der Waals surface area contributed by atoms with E-state index >= 15 is 0 Å². The maximum Gasteiger partial charge on any atom is 0.326 e. The third-order valence-corrected chi connectivity index (χ3v) is 5.74. The van der Waals surface area contributed by atoms with Crippen molar-refractivity contribution in [2.45, 2.75) is 36.6 Å². The second-order valence-electron chi connectivity index (χ2n) is 6.04. The van der Waals surface area contributed by atoms with E-state index in [0.29, 0.717) is 42.6 Å². The number of rotatable bonds is 5. The molecule has 2 unspecified atom stereocenters. The number of hydrogen-bond donors (Lipinski definition) is 1. The Balaban J connectivity index is 1.60. The summed E-state index contributed by atoms with van der Waals surface area (Å²) in [5.41, 5.74) is 0. The molecule has 0 saturated carbocycles. The number of hydrogen-bond acceptors (Lipinski definition) is 5. The molecule has 1 saturated heterocycles. The molecular weight excluding hydrogens is 346 g/mol. The van der Waals surface area contributed by atoms with E-state index in [2.05, 4.69) is 0 Å². The second-order valence-corrected chi connectivity index (χ2v) is 7.61. The van der Waals surface area contributed by atoms with Crippen LogP contribution in [0.3, 0.4) is 0 Å². The summed E-state index contributed by atoms with van der Waals surface area (Å²) in [6.45, 7) is 1.39. The zero-order chi connectivity index (χ0) is 17.8. The molecular formula is C17H21NO6S. The first-order valence-corrected chi connectivity index (χ1v) is 9.68. The van der Waals surface area contributed by atoms with Crippen molar-refractivity contribution in [1.82, 2.24) is 4.90 Å². The third-order valence-electron chi connectivity index (χ3n) is 4.39. The van der Waals surface area contributed by atoms with Gasteiger partial charge in [-0.25, -0.2) is 4.79 Å². The molecule has 1 aromatic carbocycles. The summed E-state index contributed by atoms with van der Waals surface area (Å²) in [7, 11) is -1.36. The second kappa shape index (κ2) is 7.86. The van der Waals surface area contributed by atoms with Crippen LogP contribution < -0.4 is 9.47 Å². The largest absolute Gasteiger partial charge is 0.486 e. The van der Waals surface area contributed by atoms with Crippen molar-refractivity contribution in [3.63, 3.8) is 0 Å². The van der Waals surface area contributed by atoms with Gasteiger partial charge in [0.25, 0.3) is 0 Å². The van der Waals surface area contributed by atoms with Gasteiger partial charge in [-0.1, -0.05) is 0 Å². The lowest BCUT2D eigenvalue weighted by Crippen LogP contribution is -2.48. The van der Waals surface area contributed by atoms with Crippen molar-refractivity contribution in [3.05, 3.63) is 18.2 Å². The molecule has 0 radical (unpaired) electrons. The van der Waals surface area contributed by atoms with Crippen LogP contribution in [-0.4, -0.2) is 57.6 Å². The van der Waals surface area contributed by atoms with Gasteiger partial charge in [0.1, 0.15) is 19.3 Å². The van der Waals surface area contributed by atoms with Crippen LogP contribution >= 0.6 is 0 Å². The molecule has 3 rings (SSSR count). The van der Waals surface area contributed by atoms with Crippen molar-refractivity contribution in [2.75, 3.05) is 25.5 Å². The van der Waals surface area contributed by atoms with E-state index in [0.717, 1.165) is 12.8 Å². The van der Waals surface area contributed by atoms with Crippen LogP contribution in [0.4, 0.5) is 0 Å². The Labute approximate surface area is 148 Å². The fourth-order valence-electron chi connectivity index (χ4n) is 3.09. The lowest BCUT2D eigenvalue weighted by Gasteiger charge is -2.33. The number of amides is 1. The molecule has 1 amide bonds. The number of piperidine rings is 1. The molecule has 1 N–H and O–H groups in total. The Morgan fingerprint density at radius 3 is 2.72 bits per heavy atom. The van der Waals surface area contributed by atoms with E-state index in [1.807, 2.05) is 0 Å². The van der Waals surface area contributed by atoms with Gasteiger partial charge in [0.15, 0.2) is 11.5 Å². The normalized spacial score (nSPS) is 20.8. The molecule has 2 aliphatic heterocycles. The fraction of sp³-hybridized carbons (Fsp3) is 0.529. The van der Waals surface area contributed by atoms with Crippen LogP contribution in [0, 0.1) is 0 Å². The molecule has 1 fully saturated rings. The van der Waals surface area contributed by atoms with Gasteiger partial charge in [-0.15, -0.1) is 0 Å². The van der Waals surface area contributed by atoms with E-state index < -0.39 is 22.8 Å². The standard InChI is InChI=1S/C17H21NO6S/c19-16(18-7-2-1-3-13(18)17(20)21)6-10-25(22)12-4-5-14-15(11-12)24-9-8-23-14/h4-5,11,13H,1-3,6-10H2,(H,20,21). The molecule has 0 bridgehead atoms. The Morgan fingerprint density at radius 1 is 1.20 bits per heavy atom. The highest BCUT2D eigenvalue weighted by Crippen LogP contribution is 2.32. The molecule has 0 spiro atoms. The molecule has 8 heteroatoms. The van der Waals surface area contributed by atoms with Gasteiger partial charge in [-0.3, -0.25) is 9.00 Å². The van der Waals surface area contributed by atoms with E-state index in [4.69, 9.17) is 9.47 Å². The molecule has 1 aromatic rings. The molecule has 25 heavy (non-hydrogen) atoms. The minimum Gasteiger partial charge on any atom is -0.486 e. The first kappa shape index (κ1) is 17.7. The lowest BCUT2D eigenvalue weighted by atomic mass is 10.0. The predicted molar refractivity (Wildman–Crippen MR) is 90.3 cm³/mol. The van der Waals surface area contributed by atoms with Gasteiger partial charge in [0.05, 0.1) is 10.8 Å². The summed E-state index contributed by atoms with van der Waals surface area (Å²) in [5, 5.41) is 9.25. The smallest absolute Gasteiger partial charge is 0.326 e. The van der Waals surface area contributed by atoms with Gasteiger partial charge < -0.3 is 19.5 Å². The number of aliphatic carboxylic acids is 1. The van der Waals surface area contributed by atoms with Crippen LogP contribution in [0.2, 0.25) is 0 Å². The van der Waals surface area contributed by atoms with Crippen molar-refractivity contribution in [3.8, 4) is 11.5 Å². The highest BCUT2D eigenvalue weighted by Gasteiger charge is 2.31. The highest BCUT2D eigenvalue weighted by atomic mass is 32.2. The minimum absolute atomic E-state index is 0.0604. The quantitative estimate of drug-likeness (QED) is 0.846. The maximum atomic E-state index is 12.5. The van der Waals surface area contributed by atoms with Crippen molar-refractivity contribution in [1.29, 1.82) is 0 Å². The van der Waals surface area contributed by atoms with E-state index in [1.54, 1.807) is 18.2 Å². The Morgan fingerprint density at radius 2 is 1.96 bits per heavy atom. The first-order chi connectivity index (χ1) is 12.1. The monoisotopic (exact) mass is 367 g/mol. The molecule has 0 aliphatic carbocycles. The van der Waals surface area contributed by atoms with Crippen LogP contribution in [0.25, 0.3) is 0 Å². The van der Waals surface area contributed by atoms with E-state index in [-0.39, 0.29) is 18.1 Å². The van der Waals surface area contributed by atoms with Crippen molar-refractivity contribution < 1.29 is 28.4 Å². The van der Waals surface area contributed by atoms with Crippen LogP contribution in [0.1, 0.15) is 25.7 Å². The highest BCUT2D eigenvalue weighted by molar-refractivity contribution is 7.85. The van der Waals surface area contributed by atoms with Crippen LogP contribution in [0.15, 0.2) is 23.1 Å². The summed E-state index contributed by atoms with van der Waals surface area (Å²) in [6, 6.07) is 4.34. The zero-order valence-corrected chi connectivity index (χ0v) is 14.6. The topological polar surface area (TPSA) is 93.1 Å². The van der Waals surface area contributed by atoms with Gasteiger partial charge in [0.2, 0.25) is 5.91 Å². The molecule has 136 valence electrons. The average Bonchev–Trinajstić information content (AvgIpc) is 2.65. The molecule has 2 atom stereocenters. The molecule has 7 nitrogen and oxygen atoms in total. The molecule has 0 aromatic heterocycles. The number of likely N-dealkylation sites (tertiary alicyclic amines) is 1. The van der Waals surface area contributed by atoms with Crippen molar-refractivity contribution >= 4 is 22.7 Å². The summed E-state index contributed by atoms with van der Waals surface area (Å²) in [6.07, 6.45) is 2.15. The lowest BCUT2D eigenvalue weighted by molar-refractivity contribution is -0.151. The van der Waals surface area contributed by atoms with Crippen molar-refractivity contribution in [2.24, 2.45) is 0 Å². The van der Waals surface area contributed by atoms with Crippen LogP contribution in [0.5, 0.6) is 11.5 Å². The van der Waals surface area contributed by atoms with Crippen LogP contribution in [-0.2, 0) is 20.4 Å². The summed E-state index contributed by atoms with van der Waals surface area (Å²) >= 11 is 0. The Bertz CT molecular complexity index is 692. The number of nitrogens with zero attached hydrogens (tertiary/aromatic N) is 1. The number of carbonyl (C=O) groups excluding carboxylic acids is 1. The summed E-state index contributed by atoms with van der Waals surface area (Å²) < 4.78 is 23.4. The number of fused-ring (bicyclic) bond motifs is 1. The SMILES string of the molecule is O=C(O)C1CCCCN1C(=O)CCS(=O)c1ccc2c(c1)OCCO2. The minimum atomic E-state index is -1.36. The number of carboxylic acid groups (broad SMARTS) is 1. The molecule has 2 aliphatic rings. The number of carbonyl (C=O) groups is 2. The average molecular weight is 367 g/mol. The number of ether oxygens (including phenoxy) is 2. The summed E-state index contributed by atoms with van der Waals surface area (Å²) in [4.78, 5) is 25.6. The fourth-order valence-corrected chi connectivity index (χ4v) is 4.15. The van der Waals surface area contributed by atoms with E-state index in [1.165, 1.54) is 4.90 Å². The maximum absolute atomic E-state index is 12.5. The molecule has 2 heterocycles. The van der Waals surface area contributed by atoms with Gasteiger partial charge in [-0.2, -0.15) is 0 Å². The predicted octanol–water partition coefficient (Wildman–Crippen LogP) is 1.42. The summed E-state index contributed by atoms with van der Waals surface area (Å²) in [5.74, 6) is 0.117. The first-order valence-electron chi connectivity index (χ1n) is 8.36. The third kappa shape index (κ3) is 4.12. The number of benzene rings is 1. The van der Waals surface area contributed by atoms with Gasteiger partial charge in [0, 0.05) is 29.7 Å². The van der Waals surface area contributed by atoms with Gasteiger partial charge >= 0.3 is 5.97 Å². The van der Waals surface area contributed by atoms with E-state index in [9.17, 15) is 18.9 Å². The zero-order valence-electron chi connectivity index (χ0n) is 13.8. The Kier molecular flexibility index (Phi) is 5.57. The number of carboxylic acids is 1. The Hall–Kier alpha value is -2.09. The van der Waals surface area contributed by atoms with Gasteiger partial charge in [-0.05, 0) is 31.4 Å².